The Bertz CT molecular complexity index is 425. The lowest BCUT2D eigenvalue weighted by molar-refractivity contribution is 0.395. The number of nitrogens with one attached hydrogen (secondary N) is 1. The molecule has 0 aliphatic carbocycles. The minimum Gasteiger partial charge on any atom is -0.481 e. The van der Waals surface area contributed by atoms with Crippen LogP contribution in [0.25, 0.3) is 0 Å². The Morgan fingerprint density at radius 3 is 3.00 bits per heavy atom. The number of aromatic nitrogens is 1. The Morgan fingerprint density at radius 2 is 2.31 bits per heavy atom. The van der Waals surface area contributed by atoms with Gasteiger partial charge in [-0.05, 0) is 18.6 Å². The van der Waals surface area contributed by atoms with Gasteiger partial charge in [0.2, 0.25) is 5.88 Å². The van der Waals surface area contributed by atoms with Gasteiger partial charge in [0.25, 0.3) is 0 Å². The molecule has 2 unspecified atom stereocenters. The maximum atomic E-state index is 9.06. The van der Waals surface area contributed by atoms with E-state index in [4.69, 9.17) is 10.00 Å². The van der Waals surface area contributed by atoms with E-state index in [1.807, 2.05) is 19.1 Å². The summed E-state index contributed by atoms with van der Waals surface area (Å²) in [5.74, 6) is 0.922. The van der Waals surface area contributed by atoms with Gasteiger partial charge in [-0.15, -0.1) is 0 Å². The molecule has 0 radical (unpaired) electrons. The monoisotopic (exact) mass is 217 g/mol. The van der Waals surface area contributed by atoms with E-state index in [0.29, 0.717) is 5.88 Å². The van der Waals surface area contributed by atoms with Gasteiger partial charge in [-0.2, -0.15) is 5.26 Å². The number of aryl methyl sites for hydroxylation is 1. The van der Waals surface area contributed by atoms with Gasteiger partial charge in [0.1, 0.15) is 0 Å². The molecule has 2 rings (SSSR count). The lowest BCUT2D eigenvalue weighted by Crippen LogP contribution is -2.09. The minimum atomic E-state index is 0.0477. The summed E-state index contributed by atoms with van der Waals surface area (Å²) in [7, 11) is 1.61. The van der Waals surface area contributed by atoms with Crippen LogP contribution < -0.4 is 10.1 Å². The Kier molecular flexibility index (Phi) is 3.07. The van der Waals surface area contributed by atoms with E-state index in [1.165, 1.54) is 0 Å². The van der Waals surface area contributed by atoms with E-state index in [1.54, 1.807) is 7.11 Å². The van der Waals surface area contributed by atoms with Crippen LogP contribution in [0.15, 0.2) is 12.1 Å². The van der Waals surface area contributed by atoms with E-state index >= 15 is 0 Å². The molecular weight excluding hydrogens is 202 g/mol. The zero-order valence-electron chi connectivity index (χ0n) is 9.53. The number of nitrogens with zero attached hydrogens (tertiary/aromatic N) is 2. The van der Waals surface area contributed by atoms with Crippen LogP contribution in [0.2, 0.25) is 0 Å². The summed E-state index contributed by atoms with van der Waals surface area (Å²) < 4.78 is 5.15. The Hall–Kier alpha value is -1.60. The molecule has 1 saturated heterocycles. The number of nitriles is 1. The van der Waals surface area contributed by atoms with Crippen LogP contribution in [0.3, 0.4) is 0 Å². The molecule has 4 heteroatoms. The summed E-state index contributed by atoms with van der Waals surface area (Å²) in [6.45, 7) is 3.56. The highest BCUT2D eigenvalue weighted by Gasteiger charge is 2.28. The molecule has 84 valence electrons. The summed E-state index contributed by atoms with van der Waals surface area (Å²) in [5.41, 5.74) is 2.07. The Labute approximate surface area is 95.3 Å². The normalized spacial score (nSPS) is 24.1. The molecule has 1 aliphatic heterocycles. The van der Waals surface area contributed by atoms with E-state index in [0.717, 1.165) is 24.3 Å². The van der Waals surface area contributed by atoms with Crippen molar-refractivity contribution in [2.75, 3.05) is 20.2 Å². The molecule has 0 saturated carbocycles. The van der Waals surface area contributed by atoms with E-state index in [9.17, 15) is 0 Å². The van der Waals surface area contributed by atoms with Crippen LogP contribution in [0.1, 0.15) is 17.2 Å². The van der Waals surface area contributed by atoms with Crippen molar-refractivity contribution in [3.05, 3.63) is 23.4 Å². The first-order valence-electron chi connectivity index (χ1n) is 5.37. The van der Waals surface area contributed by atoms with Crippen LogP contribution in [0, 0.1) is 24.2 Å². The summed E-state index contributed by atoms with van der Waals surface area (Å²) in [6.07, 6.45) is 0. The first kappa shape index (κ1) is 10.9. The smallest absolute Gasteiger partial charge is 0.213 e. The first-order chi connectivity index (χ1) is 7.74. The van der Waals surface area contributed by atoms with Gasteiger partial charge in [-0.1, -0.05) is 0 Å². The first-order valence-corrected chi connectivity index (χ1v) is 5.37. The van der Waals surface area contributed by atoms with Crippen molar-refractivity contribution in [1.29, 1.82) is 5.26 Å². The van der Waals surface area contributed by atoms with Crippen LogP contribution in [-0.4, -0.2) is 25.2 Å². The number of rotatable bonds is 2. The second kappa shape index (κ2) is 4.50. The quantitative estimate of drug-likeness (QED) is 0.809. The summed E-state index contributed by atoms with van der Waals surface area (Å²) in [4.78, 5) is 4.25. The zero-order chi connectivity index (χ0) is 11.5. The van der Waals surface area contributed by atoms with E-state index < -0.39 is 0 Å². The van der Waals surface area contributed by atoms with Crippen molar-refractivity contribution in [3.8, 4) is 11.9 Å². The summed E-state index contributed by atoms with van der Waals surface area (Å²) in [5, 5.41) is 12.3. The van der Waals surface area contributed by atoms with Crippen molar-refractivity contribution in [1.82, 2.24) is 10.3 Å². The second-order valence-corrected chi connectivity index (χ2v) is 4.08. The van der Waals surface area contributed by atoms with Gasteiger partial charge in [0.05, 0.1) is 19.1 Å². The van der Waals surface area contributed by atoms with Crippen LogP contribution in [-0.2, 0) is 0 Å². The van der Waals surface area contributed by atoms with Crippen molar-refractivity contribution >= 4 is 0 Å². The molecule has 0 spiro atoms. The molecule has 1 N–H and O–H groups in total. The minimum absolute atomic E-state index is 0.0477. The van der Waals surface area contributed by atoms with Gasteiger partial charge < -0.3 is 10.1 Å². The SMILES string of the molecule is COc1cc(C2CNCC2C#N)cc(C)n1. The highest BCUT2D eigenvalue weighted by atomic mass is 16.5. The number of hydrogen-bond acceptors (Lipinski definition) is 4. The summed E-state index contributed by atoms with van der Waals surface area (Å²) >= 11 is 0. The fourth-order valence-electron chi connectivity index (χ4n) is 2.15. The van der Waals surface area contributed by atoms with Crippen molar-refractivity contribution in [2.24, 2.45) is 5.92 Å². The van der Waals surface area contributed by atoms with Gasteiger partial charge in [-0.25, -0.2) is 4.98 Å². The van der Waals surface area contributed by atoms with Crippen molar-refractivity contribution in [3.63, 3.8) is 0 Å². The van der Waals surface area contributed by atoms with Gasteiger partial charge >= 0.3 is 0 Å². The molecule has 2 heterocycles. The predicted octanol–water partition coefficient (Wildman–Crippen LogP) is 1.23. The lowest BCUT2D eigenvalue weighted by atomic mass is 9.90. The third-order valence-corrected chi connectivity index (χ3v) is 2.97. The molecule has 0 aromatic carbocycles. The average molecular weight is 217 g/mol. The molecule has 1 aliphatic rings. The third-order valence-electron chi connectivity index (χ3n) is 2.97. The summed E-state index contributed by atoms with van der Waals surface area (Å²) in [6, 6.07) is 6.30. The molecule has 1 fully saturated rings. The topological polar surface area (TPSA) is 57.9 Å². The number of hydrogen-bond donors (Lipinski definition) is 1. The highest BCUT2D eigenvalue weighted by Crippen LogP contribution is 2.29. The Morgan fingerprint density at radius 1 is 1.50 bits per heavy atom. The zero-order valence-corrected chi connectivity index (χ0v) is 9.53. The van der Waals surface area contributed by atoms with Crippen LogP contribution in [0.5, 0.6) is 5.88 Å². The largest absolute Gasteiger partial charge is 0.481 e. The fourth-order valence-corrected chi connectivity index (χ4v) is 2.15. The molecule has 0 amide bonds. The van der Waals surface area contributed by atoms with Crippen molar-refractivity contribution in [2.45, 2.75) is 12.8 Å². The molecule has 4 nitrogen and oxygen atoms in total. The van der Waals surface area contributed by atoms with E-state index in [2.05, 4.69) is 16.4 Å². The molecule has 1 aromatic heterocycles. The standard InChI is InChI=1S/C12H15N3O/c1-8-3-9(4-12(15-8)16-2)11-7-14-6-10(11)5-13/h3-4,10-11,14H,6-7H2,1-2H3. The number of methoxy groups -OCH3 is 1. The van der Waals surface area contributed by atoms with Crippen LogP contribution >= 0.6 is 0 Å². The molecule has 1 aromatic rings. The lowest BCUT2D eigenvalue weighted by Gasteiger charge is -2.14. The molecule has 0 bridgehead atoms. The van der Waals surface area contributed by atoms with Gasteiger partial charge in [-0.3, -0.25) is 0 Å². The maximum Gasteiger partial charge on any atom is 0.213 e. The molecule has 2 atom stereocenters. The molecule has 16 heavy (non-hydrogen) atoms. The predicted molar refractivity (Wildman–Crippen MR) is 60.2 cm³/mol. The van der Waals surface area contributed by atoms with E-state index in [-0.39, 0.29) is 11.8 Å². The Balaban J connectivity index is 2.33. The van der Waals surface area contributed by atoms with Gasteiger partial charge in [0, 0.05) is 30.8 Å². The van der Waals surface area contributed by atoms with Crippen LogP contribution in [0.4, 0.5) is 0 Å². The molecular formula is C12H15N3O. The third kappa shape index (κ3) is 2.00. The number of ether oxygens (including phenoxy) is 1. The number of pyridine rings is 1. The second-order valence-electron chi connectivity index (χ2n) is 4.08. The van der Waals surface area contributed by atoms with Gasteiger partial charge in [0.15, 0.2) is 0 Å². The van der Waals surface area contributed by atoms with Crippen molar-refractivity contribution < 1.29 is 4.74 Å². The average Bonchev–Trinajstić information content (AvgIpc) is 2.76. The fraction of sp³-hybridized carbons (Fsp3) is 0.500. The highest BCUT2D eigenvalue weighted by molar-refractivity contribution is 5.30. The maximum absolute atomic E-state index is 9.06.